The first-order chi connectivity index (χ1) is 18.5. The van der Waals surface area contributed by atoms with Gasteiger partial charge in [0, 0.05) is 0 Å². The number of pyridine rings is 2. The molecule has 1 atom stereocenters. The summed E-state index contributed by atoms with van der Waals surface area (Å²) in [6, 6.07) is 3.16. The van der Waals surface area contributed by atoms with E-state index in [0.29, 0.717) is 45.9 Å². The van der Waals surface area contributed by atoms with E-state index in [2.05, 4.69) is 24.8 Å². The Morgan fingerprint density at radius 1 is 1.18 bits per heavy atom. The Balaban J connectivity index is 1.92. The number of ether oxygens (including phenoxy) is 1. The summed E-state index contributed by atoms with van der Waals surface area (Å²) in [5.41, 5.74) is 1.56. The molecule has 3 aromatic rings. The Morgan fingerprint density at radius 2 is 1.85 bits per heavy atom. The molecule has 11 heteroatoms. The molecule has 0 spiro atoms. The molecule has 0 bridgehead atoms. The van der Waals surface area contributed by atoms with E-state index in [-0.39, 0.29) is 23.9 Å². The van der Waals surface area contributed by atoms with Crippen molar-refractivity contribution in [1.29, 1.82) is 0 Å². The van der Waals surface area contributed by atoms with E-state index >= 15 is 4.39 Å². The van der Waals surface area contributed by atoms with Crippen LogP contribution in [0, 0.1) is 12.7 Å². The number of carbonyl (C=O) groups is 1. The van der Waals surface area contributed by atoms with Crippen LogP contribution in [-0.2, 0) is 4.74 Å². The molecule has 0 radical (unpaired) electrons. The first-order valence-electron chi connectivity index (χ1n) is 13.8. The summed E-state index contributed by atoms with van der Waals surface area (Å²) in [6.07, 6.45) is 1.36. The Kier molecular flexibility index (Phi) is 8.23. The van der Waals surface area contributed by atoms with Crippen LogP contribution >= 0.6 is 0 Å². The van der Waals surface area contributed by atoms with Gasteiger partial charge in [-0.3, -0.25) is 0 Å². The van der Waals surface area contributed by atoms with E-state index in [4.69, 9.17) is 9.72 Å². The number of rotatable bonds is 4. The fourth-order valence-corrected chi connectivity index (χ4v) is 8.61. The van der Waals surface area contributed by atoms with Gasteiger partial charge in [-0.1, -0.05) is 0 Å². The predicted molar refractivity (Wildman–Crippen MR) is 159 cm³/mol. The van der Waals surface area contributed by atoms with Crippen molar-refractivity contribution in [3.05, 3.63) is 45.9 Å². The van der Waals surface area contributed by atoms with Crippen molar-refractivity contribution in [1.82, 2.24) is 24.4 Å². The van der Waals surface area contributed by atoms with Gasteiger partial charge in [0.2, 0.25) is 0 Å². The number of aromatic nitrogens is 4. The van der Waals surface area contributed by atoms with Crippen molar-refractivity contribution in [3.63, 3.8) is 0 Å². The second-order valence-corrected chi connectivity index (χ2v) is 27.2. The summed E-state index contributed by atoms with van der Waals surface area (Å²) in [5, 5.41) is 0.465. The third kappa shape index (κ3) is 5.96. The molecule has 0 N–H and O–H groups in total. The molecule has 0 aromatic carbocycles. The fraction of sp³-hybridized carbons (Fsp3) is 0.552. The van der Waals surface area contributed by atoms with Gasteiger partial charge < -0.3 is 0 Å². The van der Waals surface area contributed by atoms with E-state index in [1.54, 1.807) is 11.1 Å². The van der Waals surface area contributed by atoms with Crippen molar-refractivity contribution in [3.8, 4) is 5.69 Å². The summed E-state index contributed by atoms with van der Waals surface area (Å²) >= 11 is -3.03. The molecule has 9 nitrogen and oxygen atoms in total. The Bertz CT molecular complexity index is 1510. The van der Waals surface area contributed by atoms with Crippen molar-refractivity contribution < 1.29 is 13.9 Å². The first kappa shape index (κ1) is 30.2. The summed E-state index contributed by atoms with van der Waals surface area (Å²) in [4.78, 5) is 50.6. The predicted octanol–water partition coefficient (Wildman–Crippen LogP) is 4.74. The van der Waals surface area contributed by atoms with Gasteiger partial charge in [-0.2, -0.15) is 0 Å². The van der Waals surface area contributed by atoms with Crippen LogP contribution in [0.3, 0.4) is 0 Å². The van der Waals surface area contributed by atoms with Crippen LogP contribution in [0.4, 0.5) is 15.0 Å². The van der Waals surface area contributed by atoms with Gasteiger partial charge >= 0.3 is 220 Å². The number of amides is 1. The maximum absolute atomic E-state index is 15.7. The zero-order chi connectivity index (χ0) is 29.7. The molecule has 40 heavy (non-hydrogen) atoms. The summed E-state index contributed by atoms with van der Waals surface area (Å²) in [7, 11) is 0. The third-order valence-corrected chi connectivity index (χ3v) is 12.0. The minimum absolute atomic E-state index is 0.0409. The fourth-order valence-electron chi connectivity index (χ4n) is 5.10. The number of fused-ring (bicyclic) bond motifs is 1. The quantitative estimate of drug-likeness (QED) is 0.374. The van der Waals surface area contributed by atoms with Crippen LogP contribution < -0.4 is 14.3 Å². The number of hydrogen-bond donors (Lipinski definition) is 0. The molecular weight excluding hydrogens is 618 g/mol. The second-order valence-electron chi connectivity index (χ2n) is 13.0. The van der Waals surface area contributed by atoms with E-state index in [1.807, 2.05) is 59.4 Å². The Labute approximate surface area is 239 Å². The normalized spacial score (nSPS) is 16.6. The van der Waals surface area contributed by atoms with Crippen molar-refractivity contribution in [2.75, 3.05) is 24.5 Å². The van der Waals surface area contributed by atoms with Gasteiger partial charge in [-0.15, -0.1) is 0 Å². The van der Waals surface area contributed by atoms with Crippen LogP contribution in [0.5, 0.6) is 0 Å². The molecular formula is C29H41FN6O3Sn. The number of nitrogens with zero attached hydrogens (tertiary/aromatic N) is 6. The first-order valence-corrected chi connectivity index (χ1v) is 23.8. The zero-order valence-corrected chi connectivity index (χ0v) is 28.1. The number of piperazine rings is 1. The summed E-state index contributed by atoms with van der Waals surface area (Å²) < 4.78 is 23.2. The van der Waals surface area contributed by atoms with Crippen LogP contribution in [0.2, 0.25) is 14.8 Å². The maximum atomic E-state index is 15.7. The van der Waals surface area contributed by atoms with Crippen molar-refractivity contribution in [2.24, 2.45) is 0 Å². The molecule has 216 valence electrons. The zero-order valence-electron chi connectivity index (χ0n) is 25.3. The Hall–Kier alpha value is -2.76. The van der Waals surface area contributed by atoms with E-state index in [9.17, 15) is 9.59 Å². The second kappa shape index (κ2) is 10.9. The number of halogens is 1. The van der Waals surface area contributed by atoms with E-state index in [1.165, 1.54) is 10.6 Å². The topological polar surface area (TPSA) is 93.5 Å². The van der Waals surface area contributed by atoms with Gasteiger partial charge in [0.05, 0.1) is 0 Å². The van der Waals surface area contributed by atoms with Gasteiger partial charge in [-0.05, 0) is 20.8 Å². The average Bonchev–Trinajstić information content (AvgIpc) is 2.82. The molecule has 3 aromatic heterocycles. The van der Waals surface area contributed by atoms with Crippen LogP contribution in [0.15, 0.2) is 23.1 Å². The van der Waals surface area contributed by atoms with E-state index < -0.39 is 29.7 Å². The molecule has 1 fully saturated rings. The van der Waals surface area contributed by atoms with Crippen molar-refractivity contribution >= 4 is 45.0 Å². The van der Waals surface area contributed by atoms with Crippen LogP contribution in [0.1, 0.15) is 58.7 Å². The molecule has 4 heterocycles. The average molecular weight is 659 g/mol. The van der Waals surface area contributed by atoms with Gasteiger partial charge in [0.25, 0.3) is 0 Å². The van der Waals surface area contributed by atoms with E-state index in [0.717, 1.165) is 11.3 Å². The number of anilines is 1. The molecule has 1 amide bonds. The SMILES string of the molecule is Cc1ccnc(C(C)C)c1-n1c(=O)nc(N2CCN(C(=O)OC(C)(C)C)C[C@@H]2C)c2cc(F)[c]([Sn]([CH3])([CH3])[CH3])nc21. The molecule has 1 saturated heterocycles. The molecule has 1 aliphatic rings. The molecule has 0 unspecified atom stereocenters. The molecule has 1 aliphatic heterocycles. The molecule has 0 aliphatic carbocycles. The monoisotopic (exact) mass is 660 g/mol. The standard InChI is InChI=1S/C26H32FN6O3.3CH3.Sn/c1-15(2)20-21(16(3)8-9-28-20)33-22-19(12-18(27)13-29-22)23(30-24(33)34)32-11-10-31(14-17(32)4)25(35)36-26(5,6)7;;;;/h8-9,12,15,17H,10-11,14H2,1-7H3;3*1H3;/t17-;;;;/m0..../s1. The van der Waals surface area contributed by atoms with Gasteiger partial charge in [-0.25, -0.2) is 0 Å². The minimum atomic E-state index is -3.03. The molecule has 4 rings (SSSR count). The number of hydrogen-bond acceptors (Lipinski definition) is 7. The van der Waals surface area contributed by atoms with Crippen LogP contribution in [0.25, 0.3) is 16.7 Å². The van der Waals surface area contributed by atoms with Gasteiger partial charge in [0.1, 0.15) is 0 Å². The number of aryl methyl sites for hydroxylation is 1. The summed E-state index contributed by atoms with van der Waals surface area (Å²) in [5.74, 6) is 0.0533. The Morgan fingerprint density at radius 3 is 2.42 bits per heavy atom. The van der Waals surface area contributed by atoms with Crippen molar-refractivity contribution in [2.45, 2.75) is 80.8 Å². The van der Waals surface area contributed by atoms with Crippen LogP contribution in [-0.4, -0.2) is 80.2 Å². The number of carbonyl (C=O) groups excluding carboxylic acids is 1. The van der Waals surface area contributed by atoms with Gasteiger partial charge in [0.15, 0.2) is 0 Å². The molecule has 0 saturated carbocycles. The third-order valence-electron chi connectivity index (χ3n) is 6.99. The summed E-state index contributed by atoms with van der Waals surface area (Å²) in [6.45, 7) is 14.6.